The quantitative estimate of drug-likeness (QED) is 0.704. The molecule has 1 unspecified atom stereocenters. The van der Waals surface area contributed by atoms with Gasteiger partial charge in [-0.2, -0.15) is 0 Å². The number of hydrogen-bond donors (Lipinski definition) is 1. The summed E-state index contributed by atoms with van der Waals surface area (Å²) in [5, 5.41) is 3.41. The molecule has 116 valence electrons. The highest BCUT2D eigenvalue weighted by Gasteiger charge is 2.15. The Morgan fingerprint density at radius 2 is 1.74 bits per heavy atom. The summed E-state index contributed by atoms with van der Waals surface area (Å²) < 4.78 is 13.6. The molecule has 0 aliphatic rings. The zero-order valence-corrected chi connectivity index (χ0v) is 12.8. The second kappa shape index (κ2) is 7.54. The summed E-state index contributed by atoms with van der Waals surface area (Å²) in [7, 11) is 0. The summed E-state index contributed by atoms with van der Waals surface area (Å²) in [4.78, 5) is 4.46. The minimum atomic E-state index is -0.209. The number of anilines is 1. The largest absolute Gasteiger partial charge is 0.385 e. The molecule has 0 amide bonds. The van der Waals surface area contributed by atoms with Crippen molar-refractivity contribution in [3.8, 4) is 0 Å². The van der Waals surface area contributed by atoms with E-state index in [-0.39, 0.29) is 11.7 Å². The number of nitrogens with one attached hydrogen (secondary N) is 1. The monoisotopic (exact) mass is 306 g/mol. The molecular weight excluding hydrogens is 287 g/mol. The molecule has 0 aliphatic carbocycles. The van der Waals surface area contributed by atoms with Crippen molar-refractivity contribution in [3.63, 3.8) is 0 Å². The first-order chi connectivity index (χ1) is 11.3. The summed E-state index contributed by atoms with van der Waals surface area (Å²) >= 11 is 0. The molecule has 1 N–H and O–H groups in total. The normalized spacial score (nSPS) is 11.9. The first-order valence-corrected chi connectivity index (χ1v) is 7.78. The summed E-state index contributed by atoms with van der Waals surface area (Å²) in [5.74, 6) is -0.137. The second-order valence-corrected chi connectivity index (χ2v) is 5.44. The number of rotatable bonds is 6. The topological polar surface area (TPSA) is 24.9 Å². The molecule has 0 spiro atoms. The predicted molar refractivity (Wildman–Crippen MR) is 92.0 cm³/mol. The molecule has 0 aliphatic heterocycles. The molecule has 2 aromatic carbocycles. The van der Waals surface area contributed by atoms with E-state index >= 15 is 0 Å². The Morgan fingerprint density at radius 1 is 0.913 bits per heavy atom. The van der Waals surface area contributed by atoms with E-state index in [2.05, 4.69) is 10.3 Å². The molecule has 3 heteroatoms. The van der Waals surface area contributed by atoms with Gasteiger partial charge in [-0.3, -0.25) is 4.98 Å². The van der Waals surface area contributed by atoms with Crippen molar-refractivity contribution in [2.45, 2.75) is 12.3 Å². The Hall–Kier alpha value is -2.68. The van der Waals surface area contributed by atoms with Gasteiger partial charge >= 0.3 is 0 Å². The van der Waals surface area contributed by atoms with Crippen LogP contribution in [0.2, 0.25) is 0 Å². The highest BCUT2D eigenvalue weighted by molar-refractivity contribution is 5.42. The maximum absolute atomic E-state index is 13.6. The van der Waals surface area contributed by atoms with Crippen LogP contribution >= 0.6 is 0 Å². The van der Waals surface area contributed by atoms with Crippen molar-refractivity contribution in [1.29, 1.82) is 0 Å². The SMILES string of the molecule is Fc1cccc(C(CCNc2ccccc2)c2ccccn2)c1. The summed E-state index contributed by atoms with van der Waals surface area (Å²) in [6.07, 6.45) is 2.63. The number of hydrogen-bond acceptors (Lipinski definition) is 2. The summed E-state index contributed by atoms with van der Waals surface area (Å²) in [6, 6.07) is 22.7. The molecule has 23 heavy (non-hydrogen) atoms. The minimum Gasteiger partial charge on any atom is -0.385 e. The predicted octanol–water partition coefficient (Wildman–Crippen LogP) is 4.85. The fourth-order valence-corrected chi connectivity index (χ4v) is 2.71. The molecule has 1 heterocycles. The molecule has 3 rings (SSSR count). The van der Waals surface area contributed by atoms with Gasteiger partial charge in [-0.15, -0.1) is 0 Å². The van der Waals surface area contributed by atoms with E-state index in [1.54, 1.807) is 18.3 Å². The average Bonchev–Trinajstić information content (AvgIpc) is 2.60. The van der Waals surface area contributed by atoms with E-state index in [1.165, 1.54) is 6.07 Å². The zero-order valence-electron chi connectivity index (χ0n) is 12.8. The lowest BCUT2D eigenvalue weighted by molar-refractivity contribution is 0.620. The number of pyridine rings is 1. The van der Waals surface area contributed by atoms with Crippen molar-refractivity contribution in [2.24, 2.45) is 0 Å². The van der Waals surface area contributed by atoms with Crippen molar-refractivity contribution in [1.82, 2.24) is 4.98 Å². The third-order valence-corrected chi connectivity index (χ3v) is 3.83. The number of aromatic nitrogens is 1. The lowest BCUT2D eigenvalue weighted by Gasteiger charge is -2.18. The van der Waals surface area contributed by atoms with Crippen molar-refractivity contribution in [2.75, 3.05) is 11.9 Å². The maximum atomic E-state index is 13.6. The highest BCUT2D eigenvalue weighted by atomic mass is 19.1. The molecule has 1 atom stereocenters. The summed E-state index contributed by atoms with van der Waals surface area (Å²) in [5.41, 5.74) is 3.01. The third-order valence-electron chi connectivity index (χ3n) is 3.83. The molecule has 0 saturated carbocycles. The molecule has 0 saturated heterocycles. The molecule has 2 nitrogen and oxygen atoms in total. The van der Waals surface area contributed by atoms with Crippen LogP contribution in [-0.2, 0) is 0 Å². The molecule has 1 aromatic heterocycles. The molecule has 0 radical (unpaired) electrons. The fourth-order valence-electron chi connectivity index (χ4n) is 2.71. The first-order valence-electron chi connectivity index (χ1n) is 7.78. The maximum Gasteiger partial charge on any atom is 0.123 e. The smallest absolute Gasteiger partial charge is 0.123 e. The Morgan fingerprint density at radius 3 is 2.48 bits per heavy atom. The fraction of sp³-hybridized carbons (Fsp3) is 0.150. The molecule has 0 fully saturated rings. The third kappa shape index (κ3) is 4.16. The average molecular weight is 306 g/mol. The van der Waals surface area contributed by atoms with E-state index in [4.69, 9.17) is 0 Å². The zero-order chi connectivity index (χ0) is 15.9. The Bertz CT molecular complexity index is 729. The van der Waals surface area contributed by atoms with Crippen molar-refractivity contribution >= 4 is 5.69 Å². The highest BCUT2D eigenvalue weighted by Crippen LogP contribution is 2.27. The Balaban J connectivity index is 1.76. The van der Waals surface area contributed by atoms with Gasteiger partial charge in [0.2, 0.25) is 0 Å². The Labute approximate surface area is 136 Å². The van der Waals surface area contributed by atoms with Crippen LogP contribution < -0.4 is 5.32 Å². The van der Waals surface area contributed by atoms with Gasteiger partial charge < -0.3 is 5.32 Å². The van der Waals surface area contributed by atoms with Crippen molar-refractivity contribution < 1.29 is 4.39 Å². The van der Waals surface area contributed by atoms with Crippen LogP contribution in [0, 0.1) is 5.82 Å². The first kappa shape index (κ1) is 15.2. The number of halogens is 1. The van der Waals surface area contributed by atoms with Crippen LogP contribution in [-0.4, -0.2) is 11.5 Å². The molecular formula is C20H19FN2. The van der Waals surface area contributed by atoms with Gasteiger partial charge in [-0.1, -0.05) is 36.4 Å². The van der Waals surface area contributed by atoms with Crippen LogP contribution in [0.4, 0.5) is 10.1 Å². The molecule has 0 bridgehead atoms. The molecule has 3 aromatic rings. The van der Waals surface area contributed by atoms with E-state index in [0.29, 0.717) is 0 Å². The standard InChI is InChI=1S/C20H19FN2/c21-17-8-6-7-16(15-17)19(20-11-4-5-13-23-20)12-14-22-18-9-2-1-3-10-18/h1-11,13,15,19,22H,12,14H2. The number of benzene rings is 2. The number of para-hydroxylation sites is 1. The van der Waals surface area contributed by atoms with Gasteiger partial charge in [0, 0.05) is 30.0 Å². The van der Waals surface area contributed by atoms with E-state index in [0.717, 1.165) is 29.9 Å². The summed E-state index contributed by atoms with van der Waals surface area (Å²) in [6.45, 7) is 0.793. The van der Waals surface area contributed by atoms with Gasteiger partial charge in [-0.25, -0.2) is 4.39 Å². The van der Waals surface area contributed by atoms with Crippen LogP contribution in [0.5, 0.6) is 0 Å². The second-order valence-electron chi connectivity index (χ2n) is 5.44. The van der Waals surface area contributed by atoms with E-state index < -0.39 is 0 Å². The lowest BCUT2D eigenvalue weighted by atomic mass is 9.92. The van der Waals surface area contributed by atoms with Crippen molar-refractivity contribution in [3.05, 3.63) is 96.1 Å². The van der Waals surface area contributed by atoms with Gasteiger partial charge in [0.15, 0.2) is 0 Å². The number of nitrogens with zero attached hydrogens (tertiary/aromatic N) is 1. The Kier molecular flexibility index (Phi) is 4.99. The van der Waals surface area contributed by atoms with Gasteiger partial charge in [0.25, 0.3) is 0 Å². The van der Waals surface area contributed by atoms with Crippen LogP contribution in [0.1, 0.15) is 23.6 Å². The minimum absolute atomic E-state index is 0.0723. The van der Waals surface area contributed by atoms with Crippen LogP contribution in [0.25, 0.3) is 0 Å². The lowest BCUT2D eigenvalue weighted by Crippen LogP contribution is -2.10. The van der Waals surface area contributed by atoms with Gasteiger partial charge in [0.1, 0.15) is 5.82 Å². The van der Waals surface area contributed by atoms with E-state index in [1.807, 2.05) is 54.6 Å². The van der Waals surface area contributed by atoms with E-state index in [9.17, 15) is 4.39 Å². The van der Waals surface area contributed by atoms with Crippen LogP contribution in [0.3, 0.4) is 0 Å². The van der Waals surface area contributed by atoms with Gasteiger partial charge in [-0.05, 0) is 48.4 Å². The van der Waals surface area contributed by atoms with Gasteiger partial charge in [0.05, 0.1) is 0 Å². The van der Waals surface area contributed by atoms with Crippen LogP contribution in [0.15, 0.2) is 79.0 Å².